The first-order chi connectivity index (χ1) is 22.0. The second-order valence-electron chi connectivity index (χ2n) is 11.3. The Balaban J connectivity index is 1.25. The van der Waals surface area contributed by atoms with Crippen molar-refractivity contribution < 1.29 is 14.4 Å². The van der Waals surface area contributed by atoms with E-state index in [-0.39, 0.29) is 30.9 Å². The van der Waals surface area contributed by atoms with Crippen molar-refractivity contribution in [1.82, 2.24) is 40.3 Å². The Morgan fingerprint density at radius 1 is 1.09 bits per heavy atom. The number of carbonyl (C=O) groups excluding carboxylic acids is 3. The fraction of sp³-hybridized carbons (Fsp3) is 0.242. The number of H-pyrrole nitrogens is 1. The van der Waals surface area contributed by atoms with Gasteiger partial charge in [0.25, 0.3) is 0 Å². The summed E-state index contributed by atoms with van der Waals surface area (Å²) < 4.78 is 1.04. The Hall–Kier alpha value is -5.07. The molecule has 2 fully saturated rings. The van der Waals surface area contributed by atoms with E-state index in [0.29, 0.717) is 26.1 Å². The molecule has 5 aromatic rings. The number of rotatable bonds is 8. The second kappa shape index (κ2) is 12.1. The van der Waals surface area contributed by atoms with Crippen LogP contribution in [-0.4, -0.2) is 84.7 Å². The molecule has 0 saturated carbocycles. The summed E-state index contributed by atoms with van der Waals surface area (Å²) in [6.45, 7) is 4.88. The molecule has 0 aliphatic carbocycles. The van der Waals surface area contributed by atoms with Crippen molar-refractivity contribution in [2.75, 3.05) is 19.6 Å². The first-order valence-corrected chi connectivity index (χ1v) is 15.7. The number of aromatic amines is 1. The first kappa shape index (κ1) is 28.7. The number of piperazine rings is 1. The molecule has 228 valence electrons. The molecule has 0 radical (unpaired) electrons. The van der Waals surface area contributed by atoms with Crippen molar-refractivity contribution in [2.24, 2.45) is 0 Å². The zero-order chi connectivity index (χ0) is 30.9. The molecule has 4 amide bonds. The number of benzene rings is 3. The predicted octanol–water partition coefficient (Wildman–Crippen LogP) is 3.91. The number of nitrogens with one attached hydrogen (secondary N) is 2. The number of hydrogen-bond donors (Lipinski definition) is 2. The summed E-state index contributed by atoms with van der Waals surface area (Å²) in [5.41, 5.74) is 6.31. The summed E-state index contributed by atoms with van der Waals surface area (Å²) in [6, 6.07) is 20.3. The third kappa shape index (κ3) is 5.54. The van der Waals surface area contributed by atoms with E-state index in [0.717, 1.165) is 37.8 Å². The number of fused-ring (bicyclic) bond motifs is 3. The van der Waals surface area contributed by atoms with E-state index in [4.69, 9.17) is 0 Å². The molecule has 0 bridgehead atoms. The molecule has 45 heavy (non-hydrogen) atoms. The number of hydrogen-bond acceptors (Lipinski definition) is 7. The van der Waals surface area contributed by atoms with Crippen molar-refractivity contribution in [2.45, 2.75) is 31.7 Å². The van der Waals surface area contributed by atoms with Crippen LogP contribution in [-0.2, 0) is 29.1 Å². The van der Waals surface area contributed by atoms with E-state index >= 15 is 0 Å². The van der Waals surface area contributed by atoms with Crippen LogP contribution in [0.15, 0.2) is 91.1 Å². The molecular formula is C33H32N8O3S. The molecule has 4 heterocycles. The summed E-state index contributed by atoms with van der Waals surface area (Å²) in [4.78, 5) is 50.1. The maximum Gasteiger partial charge on any atom is 0.334 e. The summed E-state index contributed by atoms with van der Waals surface area (Å²) in [7, 11) is 0. The van der Waals surface area contributed by atoms with E-state index in [1.54, 1.807) is 48.9 Å². The highest BCUT2D eigenvalue weighted by Gasteiger charge is 2.51. The summed E-state index contributed by atoms with van der Waals surface area (Å²) >= 11 is 1.55. The lowest BCUT2D eigenvalue weighted by atomic mass is 9.97. The SMILES string of the molecule is C=CCN1CC(=O)N2[C@@H](Cc3ccc4[nH]ncc4c3)C(=O)N(Cc3cccc4scnc34)C[C@@H]2N1C(=O)NCc1ccccc1. The van der Waals surface area contributed by atoms with Crippen molar-refractivity contribution in [3.63, 3.8) is 0 Å². The Morgan fingerprint density at radius 2 is 1.96 bits per heavy atom. The van der Waals surface area contributed by atoms with Crippen molar-refractivity contribution in [3.8, 4) is 0 Å². The second-order valence-corrected chi connectivity index (χ2v) is 12.1. The van der Waals surface area contributed by atoms with Gasteiger partial charge in [-0.05, 0) is 34.9 Å². The van der Waals surface area contributed by atoms with E-state index in [9.17, 15) is 14.4 Å². The van der Waals surface area contributed by atoms with Gasteiger partial charge in [-0.25, -0.2) is 19.8 Å². The largest absolute Gasteiger partial charge is 0.334 e. The predicted molar refractivity (Wildman–Crippen MR) is 172 cm³/mol. The Labute approximate surface area is 263 Å². The number of thiazole rings is 1. The van der Waals surface area contributed by atoms with Crippen LogP contribution < -0.4 is 5.32 Å². The van der Waals surface area contributed by atoms with Crippen LogP contribution >= 0.6 is 11.3 Å². The van der Waals surface area contributed by atoms with E-state index < -0.39 is 12.2 Å². The van der Waals surface area contributed by atoms with Crippen LogP contribution in [0.3, 0.4) is 0 Å². The van der Waals surface area contributed by atoms with Crippen molar-refractivity contribution in [1.29, 1.82) is 0 Å². The highest BCUT2D eigenvalue weighted by atomic mass is 32.1. The quantitative estimate of drug-likeness (QED) is 0.254. The van der Waals surface area contributed by atoms with E-state index in [2.05, 4.69) is 27.1 Å². The third-order valence-corrected chi connectivity index (χ3v) is 9.20. The number of urea groups is 1. The normalized spacial score (nSPS) is 18.9. The number of aromatic nitrogens is 3. The van der Waals surface area contributed by atoms with Gasteiger partial charge < -0.3 is 15.1 Å². The fourth-order valence-corrected chi connectivity index (χ4v) is 7.04. The highest BCUT2D eigenvalue weighted by Crippen LogP contribution is 2.31. The Bertz CT molecular complexity index is 1890. The van der Waals surface area contributed by atoms with Gasteiger partial charge in [0.05, 0.1) is 40.5 Å². The number of nitrogens with zero attached hydrogens (tertiary/aromatic N) is 6. The minimum absolute atomic E-state index is 0.0516. The molecule has 7 rings (SSSR count). The van der Waals surface area contributed by atoms with E-state index in [1.807, 2.05) is 66.7 Å². The van der Waals surface area contributed by atoms with Crippen LogP contribution in [0.1, 0.15) is 16.7 Å². The molecule has 0 spiro atoms. The van der Waals surface area contributed by atoms with Crippen molar-refractivity contribution in [3.05, 3.63) is 108 Å². The lowest BCUT2D eigenvalue weighted by molar-refractivity contribution is -0.189. The van der Waals surface area contributed by atoms with Gasteiger partial charge in [-0.1, -0.05) is 54.6 Å². The smallest absolute Gasteiger partial charge is 0.333 e. The Morgan fingerprint density at radius 3 is 2.80 bits per heavy atom. The van der Waals surface area contributed by atoms with Gasteiger partial charge in [0, 0.05) is 31.4 Å². The van der Waals surface area contributed by atoms with Crippen LogP contribution in [0.4, 0.5) is 4.79 Å². The topological polar surface area (TPSA) is 118 Å². The minimum atomic E-state index is -0.814. The molecule has 2 aliphatic heterocycles. The van der Waals surface area contributed by atoms with Gasteiger partial charge in [-0.2, -0.15) is 5.10 Å². The van der Waals surface area contributed by atoms with Gasteiger partial charge in [0.1, 0.15) is 12.2 Å². The zero-order valence-corrected chi connectivity index (χ0v) is 25.3. The van der Waals surface area contributed by atoms with Gasteiger partial charge >= 0.3 is 6.03 Å². The van der Waals surface area contributed by atoms with Gasteiger partial charge in [0.15, 0.2) is 0 Å². The molecule has 2 aromatic heterocycles. The summed E-state index contributed by atoms with van der Waals surface area (Å²) in [5, 5.41) is 14.3. The number of carbonyl (C=O) groups is 3. The van der Waals surface area contributed by atoms with Crippen LogP contribution in [0.2, 0.25) is 0 Å². The summed E-state index contributed by atoms with van der Waals surface area (Å²) in [5.74, 6) is -0.376. The zero-order valence-electron chi connectivity index (χ0n) is 24.5. The molecular weight excluding hydrogens is 588 g/mol. The number of hydrazine groups is 1. The van der Waals surface area contributed by atoms with Crippen LogP contribution in [0.25, 0.3) is 21.1 Å². The first-order valence-electron chi connectivity index (χ1n) is 14.8. The maximum atomic E-state index is 14.4. The molecule has 2 N–H and O–H groups in total. The molecule has 0 unspecified atom stereocenters. The fourth-order valence-electron chi connectivity index (χ4n) is 6.32. The lowest BCUT2D eigenvalue weighted by Gasteiger charge is -2.55. The monoisotopic (exact) mass is 620 g/mol. The van der Waals surface area contributed by atoms with Gasteiger partial charge in [-0.3, -0.25) is 14.7 Å². The molecule has 2 saturated heterocycles. The maximum absolute atomic E-state index is 14.4. The van der Waals surface area contributed by atoms with Crippen LogP contribution in [0.5, 0.6) is 0 Å². The Kier molecular flexibility index (Phi) is 7.74. The summed E-state index contributed by atoms with van der Waals surface area (Å²) in [6.07, 6.45) is 2.98. The average molecular weight is 621 g/mol. The molecule has 12 heteroatoms. The minimum Gasteiger partial charge on any atom is -0.333 e. The van der Waals surface area contributed by atoms with Crippen molar-refractivity contribution >= 4 is 50.3 Å². The van der Waals surface area contributed by atoms with Gasteiger partial charge in [-0.15, -0.1) is 17.9 Å². The number of amides is 4. The third-order valence-electron chi connectivity index (χ3n) is 8.40. The molecule has 2 aliphatic rings. The van der Waals surface area contributed by atoms with Gasteiger partial charge in [0.2, 0.25) is 11.8 Å². The van der Waals surface area contributed by atoms with E-state index in [1.165, 1.54) is 0 Å². The van der Waals surface area contributed by atoms with Crippen LogP contribution in [0, 0.1) is 0 Å². The highest BCUT2D eigenvalue weighted by molar-refractivity contribution is 7.16. The lowest BCUT2D eigenvalue weighted by Crippen LogP contribution is -2.76. The molecule has 3 aromatic carbocycles. The average Bonchev–Trinajstić information content (AvgIpc) is 3.73. The standard InChI is InChI=1S/C33H32N8O3S/c1-2-13-39-20-30(42)40-27(15-23-11-12-26-25(14-23)17-36-37-26)32(43)38(18-24-9-6-10-28-31(24)35-21-45-28)19-29(40)41(39)33(44)34-16-22-7-4-3-5-8-22/h2-12,14,17,21,27,29H,1,13,15-16,18-20H2,(H,34,44)(H,36,37)/t27-,29-/m0/s1. The molecule has 2 atom stereocenters. The molecule has 11 nitrogen and oxygen atoms in total. The number of para-hydroxylation sites is 1.